The fourth-order valence-electron chi connectivity index (χ4n) is 3.31. The Morgan fingerprint density at radius 2 is 2.24 bits per heavy atom. The number of aryl methyl sites for hydroxylation is 1. The van der Waals surface area contributed by atoms with Gasteiger partial charge in [-0.1, -0.05) is 0 Å². The van der Waals surface area contributed by atoms with Crippen molar-refractivity contribution in [2.45, 2.75) is 24.9 Å². The lowest BCUT2D eigenvalue weighted by Gasteiger charge is -2.36. The summed E-state index contributed by atoms with van der Waals surface area (Å²) in [5, 5.41) is 11.0. The van der Waals surface area contributed by atoms with Crippen molar-refractivity contribution in [3.05, 3.63) is 35.8 Å². The maximum absolute atomic E-state index is 6.44. The van der Waals surface area contributed by atoms with Crippen LogP contribution in [0.1, 0.15) is 17.5 Å². The first-order chi connectivity index (χ1) is 10.2. The first-order valence-electron chi connectivity index (χ1n) is 7.04. The molecule has 6 N–H and O–H groups in total. The van der Waals surface area contributed by atoms with Crippen molar-refractivity contribution in [3.63, 3.8) is 0 Å². The van der Waals surface area contributed by atoms with Gasteiger partial charge in [0, 0.05) is 23.7 Å². The number of rotatable bonds is 1. The minimum atomic E-state index is -0.738. The molecule has 21 heavy (non-hydrogen) atoms. The minimum absolute atomic E-state index is 0.216. The highest BCUT2D eigenvalue weighted by atomic mass is 15.2. The van der Waals surface area contributed by atoms with Gasteiger partial charge in [0.15, 0.2) is 11.6 Å². The van der Waals surface area contributed by atoms with E-state index in [0.717, 1.165) is 30.3 Å². The van der Waals surface area contributed by atoms with E-state index in [-0.39, 0.29) is 5.92 Å². The summed E-state index contributed by atoms with van der Waals surface area (Å²) in [7, 11) is 0. The van der Waals surface area contributed by atoms with E-state index in [1.54, 1.807) is 6.20 Å². The molecule has 2 atom stereocenters. The van der Waals surface area contributed by atoms with Crippen molar-refractivity contribution in [2.24, 2.45) is 22.4 Å². The molecule has 2 aliphatic rings. The lowest BCUT2D eigenvalue weighted by atomic mass is 9.77. The third-order valence-electron chi connectivity index (χ3n) is 4.44. The van der Waals surface area contributed by atoms with Crippen LogP contribution in [0, 0.1) is 5.92 Å². The Balaban J connectivity index is 1.71. The van der Waals surface area contributed by atoms with Gasteiger partial charge in [0.2, 0.25) is 0 Å². The first-order valence-corrected chi connectivity index (χ1v) is 7.04. The summed E-state index contributed by atoms with van der Waals surface area (Å²) in [6, 6.07) is 0. The number of pyridine rings is 1. The van der Waals surface area contributed by atoms with Crippen molar-refractivity contribution < 1.29 is 0 Å². The van der Waals surface area contributed by atoms with E-state index >= 15 is 0 Å². The zero-order valence-electron chi connectivity index (χ0n) is 11.5. The van der Waals surface area contributed by atoms with Gasteiger partial charge in [0.25, 0.3) is 0 Å². The van der Waals surface area contributed by atoms with E-state index in [4.69, 9.17) is 11.5 Å². The van der Waals surface area contributed by atoms with Gasteiger partial charge in [0.1, 0.15) is 5.66 Å². The van der Waals surface area contributed by atoms with E-state index in [1.807, 2.05) is 18.5 Å². The third kappa shape index (κ3) is 1.89. The number of aromatic nitrogens is 3. The molecule has 0 bridgehead atoms. The Bertz CT molecular complexity index is 760. The molecule has 0 spiro atoms. The van der Waals surface area contributed by atoms with Crippen LogP contribution in [0.3, 0.4) is 0 Å². The van der Waals surface area contributed by atoms with Crippen molar-refractivity contribution in [2.75, 3.05) is 0 Å². The maximum atomic E-state index is 6.44. The Morgan fingerprint density at radius 1 is 1.33 bits per heavy atom. The van der Waals surface area contributed by atoms with Crippen LogP contribution >= 0.6 is 0 Å². The SMILES string of the molecule is NC1=NC(N)(C2CCc3c(cnc4[nH]ncc34)C2)C=CN1. The molecule has 0 saturated carbocycles. The summed E-state index contributed by atoms with van der Waals surface area (Å²) in [4.78, 5) is 8.82. The van der Waals surface area contributed by atoms with E-state index < -0.39 is 5.66 Å². The predicted molar refractivity (Wildman–Crippen MR) is 80.2 cm³/mol. The Morgan fingerprint density at radius 3 is 3.10 bits per heavy atom. The van der Waals surface area contributed by atoms with Gasteiger partial charge in [-0.3, -0.25) is 5.10 Å². The molecule has 0 fully saturated rings. The molecule has 2 aromatic rings. The average Bonchev–Trinajstić information content (AvgIpc) is 2.95. The zero-order chi connectivity index (χ0) is 14.4. The summed E-state index contributed by atoms with van der Waals surface area (Å²) in [5.41, 5.74) is 14.9. The number of aromatic amines is 1. The van der Waals surface area contributed by atoms with Crippen LogP contribution in [-0.4, -0.2) is 26.8 Å². The molecule has 0 aromatic carbocycles. The summed E-state index contributed by atoms with van der Waals surface area (Å²) in [6.07, 6.45) is 10.2. The highest BCUT2D eigenvalue weighted by Gasteiger charge is 2.36. The Labute approximate surface area is 121 Å². The molecule has 2 aromatic heterocycles. The standard InChI is InChI=1S/C14H17N7/c15-13-17-4-3-14(16,20-13)9-1-2-10-8(5-9)6-18-12-11(10)7-19-21-12/h3-4,6-7,9H,1-2,5,16H2,(H3,15,17,20)(H,18,19,21). The first kappa shape index (κ1) is 12.3. The summed E-state index contributed by atoms with van der Waals surface area (Å²) >= 11 is 0. The van der Waals surface area contributed by atoms with Crippen LogP contribution in [0.5, 0.6) is 0 Å². The number of fused-ring (bicyclic) bond motifs is 3. The van der Waals surface area contributed by atoms with Gasteiger partial charge >= 0.3 is 0 Å². The Hall–Kier alpha value is -2.41. The molecule has 4 rings (SSSR count). The van der Waals surface area contributed by atoms with E-state index in [0.29, 0.717) is 5.96 Å². The summed E-state index contributed by atoms with van der Waals surface area (Å²) in [5.74, 6) is 0.585. The van der Waals surface area contributed by atoms with E-state index in [1.165, 1.54) is 11.1 Å². The molecule has 0 amide bonds. The second kappa shape index (κ2) is 4.29. The van der Waals surface area contributed by atoms with E-state index in [9.17, 15) is 0 Å². The number of hydrogen-bond acceptors (Lipinski definition) is 6. The topological polar surface area (TPSA) is 118 Å². The molecule has 1 aliphatic heterocycles. The lowest BCUT2D eigenvalue weighted by Crippen LogP contribution is -2.51. The van der Waals surface area contributed by atoms with Crippen molar-refractivity contribution in [3.8, 4) is 0 Å². The minimum Gasteiger partial charge on any atom is -0.370 e. The largest absolute Gasteiger partial charge is 0.370 e. The van der Waals surface area contributed by atoms with Crippen molar-refractivity contribution >= 4 is 17.0 Å². The third-order valence-corrected chi connectivity index (χ3v) is 4.44. The molecule has 0 radical (unpaired) electrons. The molecule has 108 valence electrons. The number of hydrogen-bond donors (Lipinski definition) is 4. The van der Waals surface area contributed by atoms with Crippen molar-refractivity contribution in [1.82, 2.24) is 20.5 Å². The van der Waals surface area contributed by atoms with Crippen LogP contribution < -0.4 is 16.8 Å². The normalized spacial score (nSPS) is 28.0. The smallest absolute Gasteiger partial charge is 0.194 e. The summed E-state index contributed by atoms with van der Waals surface area (Å²) in [6.45, 7) is 0. The van der Waals surface area contributed by atoms with Crippen LogP contribution in [0.2, 0.25) is 0 Å². The quantitative estimate of drug-likeness (QED) is 0.594. The molecule has 7 heteroatoms. The second-order valence-electron chi connectivity index (χ2n) is 5.70. The predicted octanol–water partition coefficient (Wildman–Crippen LogP) is 0.149. The lowest BCUT2D eigenvalue weighted by molar-refractivity contribution is 0.305. The van der Waals surface area contributed by atoms with Crippen LogP contribution in [-0.2, 0) is 12.8 Å². The zero-order valence-corrected chi connectivity index (χ0v) is 11.5. The number of nitrogens with zero attached hydrogens (tertiary/aromatic N) is 3. The van der Waals surface area contributed by atoms with Crippen LogP contribution in [0.4, 0.5) is 0 Å². The average molecular weight is 283 g/mol. The highest BCUT2D eigenvalue weighted by Crippen LogP contribution is 2.35. The number of H-pyrrole nitrogens is 1. The van der Waals surface area contributed by atoms with E-state index in [2.05, 4.69) is 25.5 Å². The van der Waals surface area contributed by atoms with Gasteiger partial charge < -0.3 is 16.8 Å². The van der Waals surface area contributed by atoms with Crippen LogP contribution in [0.25, 0.3) is 11.0 Å². The number of nitrogens with two attached hydrogens (primary N) is 2. The Kier molecular flexibility index (Phi) is 2.52. The molecular weight excluding hydrogens is 266 g/mol. The molecule has 1 aliphatic carbocycles. The van der Waals surface area contributed by atoms with Gasteiger partial charge in [-0.05, 0) is 36.5 Å². The molecular formula is C14H17N7. The second-order valence-corrected chi connectivity index (χ2v) is 5.70. The fraction of sp³-hybridized carbons (Fsp3) is 0.357. The monoisotopic (exact) mass is 283 g/mol. The van der Waals surface area contributed by atoms with Gasteiger partial charge in [-0.15, -0.1) is 0 Å². The number of aliphatic imine (C=N–C) groups is 1. The molecule has 7 nitrogen and oxygen atoms in total. The highest BCUT2D eigenvalue weighted by molar-refractivity contribution is 5.81. The number of guanidine groups is 1. The van der Waals surface area contributed by atoms with Gasteiger partial charge in [-0.2, -0.15) is 5.10 Å². The van der Waals surface area contributed by atoms with Crippen molar-refractivity contribution in [1.29, 1.82) is 0 Å². The van der Waals surface area contributed by atoms with Gasteiger partial charge in [0.05, 0.1) is 6.20 Å². The molecule has 2 unspecified atom stereocenters. The molecule has 0 saturated heterocycles. The summed E-state index contributed by atoms with van der Waals surface area (Å²) < 4.78 is 0. The number of nitrogens with one attached hydrogen (secondary N) is 2. The van der Waals surface area contributed by atoms with Gasteiger partial charge in [-0.25, -0.2) is 9.98 Å². The molecule has 3 heterocycles. The maximum Gasteiger partial charge on any atom is 0.194 e. The van der Waals surface area contributed by atoms with Crippen LogP contribution in [0.15, 0.2) is 29.7 Å². The fourth-order valence-corrected chi connectivity index (χ4v) is 3.31.